The molecule has 7 heteroatoms. The highest BCUT2D eigenvalue weighted by Gasteiger charge is 2.29. The van der Waals surface area contributed by atoms with Crippen LogP contribution in [0.3, 0.4) is 0 Å². The van der Waals surface area contributed by atoms with Crippen molar-refractivity contribution >= 4 is 23.5 Å². The number of nitrogens with zero attached hydrogens (tertiary/aromatic N) is 2. The lowest BCUT2D eigenvalue weighted by Crippen LogP contribution is -2.43. The summed E-state index contributed by atoms with van der Waals surface area (Å²) in [6, 6.07) is 10.9. The Morgan fingerprint density at radius 1 is 1.35 bits per heavy atom. The molecule has 2 amide bonds. The number of carbonyl (C=O) groups is 2. The molecule has 0 bridgehead atoms. The standard InChI is InChI=1S/C16H15N3O4/c1-22-12-7-13-15(17-8-12)19(9-14(20)18-13)16(21)23-10-11-5-3-2-4-6-11/h2-8H,9-10H2,1H3,(H,18,20). The molecule has 1 N–H and O–H groups in total. The molecule has 0 aliphatic carbocycles. The number of nitrogens with one attached hydrogen (secondary N) is 1. The minimum Gasteiger partial charge on any atom is -0.495 e. The van der Waals surface area contributed by atoms with Crippen LogP contribution >= 0.6 is 0 Å². The van der Waals surface area contributed by atoms with E-state index in [0.29, 0.717) is 17.3 Å². The molecule has 2 aromatic rings. The van der Waals surface area contributed by atoms with Gasteiger partial charge in [-0.3, -0.25) is 9.69 Å². The van der Waals surface area contributed by atoms with Gasteiger partial charge in [0.2, 0.25) is 5.91 Å². The van der Waals surface area contributed by atoms with E-state index in [-0.39, 0.29) is 19.1 Å². The monoisotopic (exact) mass is 313 g/mol. The van der Waals surface area contributed by atoms with Crippen molar-refractivity contribution < 1.29 is 19.1 Å². The number of benzene rings is 1. The zero-order valence-electron chi connectivity index (χ0n) is 12.5. The van der Waals surface area contributed by atoms with Gasteiger partial charge in [-0.15, -0.1) is 0 Å². The van der Waals surface area contributed by atoms with Gasteiger partial charge in [0.05, 0.1) is 19.0 Å². The third-order valence-corrected chi connectivity index (χ3v) is 3.33. The second kappa shape index (κ2) is 6.35. The summed E-state index contributed by atoms with van der Waals surface area (Å²) in [6.45, 7) is -0.0107. The number of aromatic nitrogens is 1. The Balaban J connectivity index is 1.77. The van der Waals surface area contributed by atoms with Gasteiger partial charge < -0.3 is 14.8 Å². The zero-order valence-corrected chi connectivity index (χ0v) is 12.5. The van der Waals surface area contributed by atoms with Gasteiger partial charge in [0.15, 0.2) is 5.82 Å². The van der Waals surface area contributed by atoms with Crippen LogP contribution in [-0.2, 0) is 16.1 Å². The molecule has 0 spiro atoms. The molecule has 0 saturated carbocycles. The Morgan fingerprint density at radius 2 is 2.13 bits per heavy atom. The van der Waals surface area contributed by atoms with Gasteiger partial charge in [0.1, 0.15) is 18.9 Å². The van der Waals surface area contributed by atoms with Gasteiger partial charge in [-0.25, -0.2) is 9.78 Å². The average Bonchev–Trinajstić information content (AvgIpc) is 2.59. The predicted molar refractivity (Wildman–Crippen MR) is 83.4 cm³/mol. The summed E-state index contributed by atoms with van der Waals surface area (Å²) in [5.41, 5.74) is 1.28. The number of pyridine rings is 1. The molecule has 7 nitrogen and oxygen atoms in total. The lowest BCUT2D eigenvalue weighted by Gasteiger charge is -2.27. The molecule has 0 unspecified atom stereocenters. The fourth-order valence-corrected chi connectivity index (χ4v) is 2.21. The molecule has 1 aromatic heterocycles. The Bertz CT molecular complexity index is 733. The second-order valence-corrected chi connectivity index (χ2v) is 4.92. The summed E-state index contributed by atoms with van der Waals surface area (Å²) in [7, 11) is 1.50. The summed E-state index contributed by atoms with van der Waals surface area (Å²) in [4.78, 5) is 29.4. The van der Waals surface area contributed by atoms with Crippen LogP contribution in [0.2, 0.25) is 0 Å². The number of carbonyl (C=O) groups excluding carboxylic acids is 2. The van der Waals surface area contributed by atoms with Crippen molar-refractivity contribution in [1.82, 2.24) is 4.98 Å². The van der Waals surface area contributed by atoms with Crippen LogP contribution in [-0.4, -0.2) is 30.6 Å². The van der Waals surface area contributed by atoms with E-state index >= 15 is 0 Å². The van der Waals surface area contributed by atoms with Crippen molar-refractivity contribution in [2.75, 3.05) is 23.9 Å². The maximum atomic E-state index is 12.3. The van der Waals surface area contributed by atoms with E-state index in [0.717, 1.165) is 5.56 Å². The Labute approximate surface area is 132 Å². The summed E-state index contributed by atoms with van der Waals surface area (Å²) in [5, 5.41) is 2.66. The van der Waals surface area contributed by atoms with Crippen molar-refractivity contribution in [3.63, 3.8) is 0 Å². The van der Waals surface area contributed by atoms with Crippen LogP contribution in [0.4, 0.5) is 16.3 Å². The number of anilines is 2. The van der Waals surface area contributed by atoms with Gasteiger partial charge >= 0.3 is 6.09 Å². The third-order valence-electron chi connectivity index (χ3n) is 3.33. The van der Waals surface area contributed by atoms with E-state index in [1.165, 1.54) is 18.2 Å². The van der Waals surface area contributed by atoms with Crippen LogP contribution in [0.25, 0.3) is 0 Å². The molecular weight excluding hydrogens is 298 g/mol. The average molecular weight is 313 g/mol. The molecule has 1 aliphatic heterocycles. The Morgan fingerprint density at radius 3 is 2.87 bits per heavy atom. The maximum absolute atomic E-state index is 12.3. The largest absolute Gasteiger partial charge is 0.495 e. The molecule has 0 atom stereocenters. The lowest BCUT2D eigenvalue weighted by atomic mass is 10.2. The minimum atomic E-state index is -0.623. The highest BCUT2D eigenvalue weighted by atomic mass is 16.6. The summed E-state index contributed by atoms with van der Waals surface area (Å²) < 4.78 is 10.3. The highest BCUT2D eigenvalue weighted by molar-refractivity contribution is 6.07. The SMILES string of the molecule is COc1cnc2c(c1)NC(=O)CN2C(=O)OCc1ccccc1. The first kappa shape index (κ1) is 14.8. The normalized spacial score (nSPS) is 13.1. The number of fused-ring (bicyclic) bond motifs is 1. The fraction of sp³-hybridized carbons (Fsp3) is 0.188. The number of methoxy groups -OCH3 is 1. The molecule has 2 heterocycles. The molecule has 1 aromatic carbocycles. The number of rotatable bonds is 3. The van der Waals surface area contributed by atoms with E-state index in [9.17, 15) is 9.59 Å². The Kier molecular flexibility index (Phi) is 4.09. The molecule has 3 rings (SSSR count). The first-order chi connectivity index (χ1) is 11.2. The van der Waals surface area contributed by atoms with Crippen LogP contribution in [0, 0.1) is 0 Å². The van der Waals surface area contributed by atoms with Gasteiger partial charge in [-0.05, 0) is 5.56 Å². The molecule has 23 heavy (non-hydrogen) atoms. The van der Waals surface area contributed by atoms with E-state index < -0.39 is 6.09 Å². The highest BCUT2D eigenvalue weighted by Crippen LogP contribution is 2.30. The molecule has 0 saturated heterocycles. The molecule has 1 aliphatic rings. The van der Waals surface area contributed by atoms with Gasteiger partial charge in [0, 0.05) is 6.07 Å². The first-order valence-electron chi connectivity index (χ1n) is 6.99. The zero-order chi connectivity index (χ0) is 16.2. The quantitative estimate of drug-likeness (QED) is 0.939. The number of ether oxygens (including phenoxy) is 2. The van der Waals surface area contributed by atoms with Crippen LogP contribution in [0.15, 0.2) is 42.6 Å². The van der Waals surface area contributed by atoms with Crippen molar-refractivity contribution in [3.8, 4) is 5.75 Å². The third kappa shape index (κ3) is 3.23. The van der Waals surface area contributed by atoms with Gasteiger partial charge in [0.25, 0.3) is 0 Å². The van der Waals surface area contributed by atoms with Gasteiger partial charge in [-0.2, -0.15) is 0 Å². The first-order valence-corrected chi connectivity index (χ1v) is 6.99. The van der Waals surface area contributed by atoms with Crippen molar-refractivity contribution in [3.05, 3.63) is 48.2 Å². The maximum Gasteiger partial charge on any atom is 0.416 e. The fourth-order valence-electron chi connectivity index (χ4n) is 2.21. The van der Waals surface area contributed by atoms with Crippen LogP contribution in [0.5, 0.6) is 5.75 Å². The predicted octanol–water partition coefficient (Wildman–Crippen LogP) is 2.19. The number of amides is 2. The van der Waals surface area contributed by atoms with Crippen molar-refractivity contribution in [2.24, 2.45) is 0 Å². The number of hydrogen-bond acceptors (Lipinski definition) is 5. The van der Waals surface area contributed by atoms with E-state index in [1.807, 2.05) is 30.3 Å². The lowest BCUT2D eigenvalue weighted by molar-refractivity contribution is -0.115. The summed E-state index contributed by atoms with van der Waals surface area (Å²) >= 11 is 0. The second-order valence-electron chi connectivity index (χ2n) is 4.92. The molecule has 0 radical (unpaired) electrons. The van der Waals surface area contributed by atoms with Crippen molar-refractivity contribution in [2.45, 2.75) is 6.61 Å². The topological polar surface area (TPSA) is 80.8 Å². The van der Waals surface area contributed by atoms with E-state index in [2.05, 4.69) is 10.3 Å². The van der Waals surface area contributed by atoms with Crippen LogP contribution < -0.4 is 15.0 Å². The van der Waals surface area contributed by atoms with Gasteiger partial charge in [-0.1, -0.05) is 30.3 Å². The molecule has 0 fully saturated rings. The Hall–Kier alpha value is -3.09. The molecule has 118 valence electrons. The van der Waals surface area contributed by atoms with E-state index in [4.69, 9.17) is 9.47 Å². The minimum absolute atomic E-state index is 0.128. The van der Waals surface area contributed by atoms with Crippen molar-refractivity contribution in [1.29, 1.82) is 0 Å². The summed E-state index contributed by atoms with van der Waals surface area (Å²) in [5.74, 6) is 0.510. The molecular formula is C16H15N3O4. The smallest absolute Gasteiger partial charge is 0.416 e. The number of hydrogen-bond donors (Lipinski definition) is 1. The van der Waals surface area contributed by atoms with E-state index in [1.54, 1.807) is 6.07 Å². The summed E-state index contributed by atoms with van der Waals surface area (Å²) in [6.07, 6.45) is 0.857. The van der Waals surface area contributed by atoms with Crippen LogP contribution in [0.1, 0.15) is 5.56 Å².